The van der Waals surface area contributed by atoms with Crippen molar-refractivity contribution in [3.63, 3.8) is 0 Å². The summed E-state index contributed by atoms with van der Waals surface area (Å²) in [6.07, 6.45) is 1.32. The molecular weight excluding hydrogens is 534 g/mol. The van der Waals surface area contributed by atoms with Crippen LogP contribution in [0.25, 0.3) is 5.57 Å². The fraction of sp³-hybridized carbons (Fsp3) is 0.227. The number of esters is 1. The number of rotatable bonds is 6. The molecule has 1 aliphatic rings. The number of hydrogen-bond donors (Lipinski definition) is 1. The zero-order chi connectivity index (χ0) is 23.0. The second kappa shape index (κ2) is 11.7. The molecule has 0 radical (unpaired) electrons. The molecule has 31 heavy (non-hydrogen) atoms. The van der Waals surface area contributed by atoms with Crippen molar-refractivity contribution < 1.29 is 28.6 Å². The highest BCUT2D eigenvalue weighted by molar-refractivity contribution is 9.10. The Bertz CT molecular complexity index is 1020. The van der Waals surface area contributed by atoms with Gasteiger partial charge in [0.05, 0.1) is 26.9 Å². The lowest BCUT2D eigenvalue weighted by molar-refractivity contribution is -0.139. The van der Waals surface area contributed by atoms with Gasteiger partial charge in [0.2, 0.25) is 5.91 Å². The Morgan fingerprint density at radius 2 is 1.58 bits per heavy atom. The maximum atomic E-state index is 11.7. The van der Waals surface area contributed by atoms with Crippen LogP contribution in [0.5, 0.6) is 11.5 Å². The third-order valence-electron chi connectivity index (χ3n) is 4.26. The summed E-state index contributed by atoms with van der Waals surface area (Å²) in [5.41, 5.74) is 2.29. The maximum Gasteiger partial charge on any atom is 0.313 e. The minimum Gasteiger partial charge on any atom is -0.496 e. The zero-order valence-electron chi connectivity index (χ0n) is 17.2. The first-order chi connectivity index (χ1) is 14.8. The lowest BCUT2D eigenvalue weighted by Gasteiger charge is -2.08. The van der Waals surface area contributed by atoms with Gasteiger partial charge in [-0.05, 0) is 42.0 Å². The topological polar surface area (TPSA) is 90.9 Å². The summed E-state index contributed by atoms with van der Waals surface area (Å²) >= 11 is 6.64. The van der Waals surface area contributed by atoms with Crippen LogP contribution in [-0.2, 0) is 14.3 Å². The smallest absolute Gasteiger partial charge is 0.313 e. The summed E-state index contributed by atoms with van der Waals surface area (Å²) in [5, 5.41) is 2.74. The average molecular weight is 555 g/mol. The molecule has 9 heteroatoms. The van der Waals surface area contributed by atoms with Crippen molar-refractivity contribution in [3.8, 4) is 11.5 Å². The van der Waals surface area contributed by atoms with E-state index in [2.05, 4.69) is 41.9 Å². The number of Topliss-reactive ketones (excluding diaryl/α,β-unsaturated/α-hetero) is 1. The lowest BCUT2D eigenvalue weighted by atomic mass is 10.1. The normalized spacial score (nSPS) is 12.2. The first-order valence-electron chi connectivity index (χ1n) is 9.05. The van der Waals surface area contributed by atoms with Crippen molar-refractivity contribution in [1.82, 2.24) is 5.32 Å². The average Bonchev–Trinajstić information content (AvgIpc) is 3.19. The highest BCUT2D eigenvalue weighted by Crippen LogP contribution is 2.30. The van der Waals surface area contributed by atoms with E-state index in [0.717, 1.165) is 25.8 Å². The van der Waals surface area contributed by atoms with E-state index in [1.165, 1.54) is 14.2 Å². The zero-order valence-corrected chi connectivity index (χ0v) is 20.3. The first kappa shape index (κ1) is 24.6. The SMILES string of the molecule is COC(=O)CC(=O)c1ccc(Br)cc1OC.COc1cc(Br)ccc1C1=CC(=O)NC1. The van der Waals surface area contributed by atoms with Crippen molar-refractivity contribution in [2.24, 2.45) is 0 Å². The molecule has 164 valence electrons. The monoisotopic (exact) mass is 553 g/mol. The Morgan fingerprint density at radius 3 is 2.13 bits per heavy atom. The molecule has 0 saturated heterocycles. The van der Waals surface area contributed by atoms with Crippen LogP contribution in [0.1, 0.15) is 22.3 Å². The first-order valence-corrected chi connectivity index (χ1v) is 10.6. The van der Waals surface area contributed by atoms with Gasteiger partial charge in [0.25, 0.3) is 0 Å². The molecule has 1 amide bonds. The Morgan fingerprint density at radius 1 is 0.968 bits per heavy atom. The molecule has 0 unspecified atom stereocenters. The van der Waals surface area contributed by atoms with Crippen molar-refractivity contribution >= 4 is 55.1 Å². The number of benzene rings is 2. The minimum absolute atomic E-state index is 0.0463. The van der Waals surface area contributed by atoms with Crippen LogP contribution in [0.2, 0.25) is 0 Å². The standard InChI is InChI=1S/C11H10BrNO2.C11H11BrO4/c1-15-10-5-8(12)2-3-9(10)7-4-11(14)13-6-7;1-15-10-5-7(12)3-4-8(10)9(13)6-11(14)16-2/h2-5H,6H2,1H3,(H,13,14);3-5H,6H2,1-2H3. The fourth-order valence-electron chi connectivity index (χ4n) is 2.74. The summed E-state index contributed by atoms with van der Waals surface area (Å²) in [6, 6.07) is 10.8. The Kier molecular flexibility index (Phi) is 9.26. The van der Waals surface area contributed by atoms with Crippen LogP contribution >= 0.6 is 31.9 Å². The third kappa shape index (κ3) is 6.93. The number of carbonyl (C=O) groups excluding carboxylic acids is 3. The summed E-state index contributed by atoms with van der Waals surface area (Å²) in [7, 11) is 4.33. The van der Waals surface area contributed by atoms with Crippen LogP contribution in [0.15, 0.2) is 51.4 Å². The molecule has 0 aromatic heterocycles. The largest absolute Gasteiger partial charge is 0.496 e. The molecule has 7 nitrogen and oxygen atoms in total. The van der Waals surface area contributed by atoms with Crippen molar-refractivity contribution in [2.75, 3.05) is 27.9 Å². The summed E-state index contributed by atoms with van der Waals surface area (Å²) < 4.78 is 16.5. The van der Waals surface area contributed by atoms with Crippen LogP contribution in [0.4, 0.5) is 0 Å². The van der Waals surface area contributed by atoms with E-state index in [9.17, 15) is 14.4 Å². The number of ether oxygens (including phenoxy) is 3. The van der Waals surface area contributed by atoms with E-state index >= 15 is 0 Å². The van der Waals surface area contributed by atoms with Gasteiger partial charge in [-0.25, -0.2) is 0 Å². The van der Waals surface area contributed by atoms with E-state index in [-0.39, 0.29) is 18.1 Å². The molecule has 1 N–H and O–H groups in total. The van der Waals surface area contributed by atoms with Crippen LogP contribution in [-0.4, -0.2) is 45.5 Å². The highest BCUT2D eigenvalue weighted by Gasteiger charge is 2.17. The van der Waals surface area contributed by atoms with Crippen molar-refractivity contribution in [1.29, 1.82) is 0 Å². The Labute approximate surface area is 197 Å². The molecule has 1 aliphatic heterocycles. The molecule has 2 aromatic rings. The molecule has 3 rings (SSSR count). The fourth-order valence-corrected chi connectivity index (χ4v) is 3.42. The van der Waals surface area contributed by atoms with Gasteiger partial charge in [0.1, 0.15) is 17.9 Å². The molecule has 0 aliphatic carbocycles. The molecule has 2 aromatic carbocycles. The van der Waals surface area contributed by atoms with Gasteiger partial charge >= 0.3 is 5.97 Å². The molecule has 0 spiro atoms. The van der Waals surface area contributed by atoms with Gasteiger partial charge in [-0.1, -0.05) is 31.9 Å². The quantitative estimate of drug-likeness (QED) is 0.327. The van der Waals surface area contributed by atoms with Gasteiger partial charge in [-0.15, -0.1) is 0 Å². The van der Waals surface area contributed by atoms with E-state index in [0.29, 0.717) is 17.9 Å². The Balaban J connectivity index is 0.000000220. The number of nitrogens with one attached hydrogen (secondary N) is 1. The Hall–Kier alpha value is -2.65. The minimum atomic E-state index is -0.560. The predicted octanol–water partition coefficient (Wildman–Crippen LogP) is 4.17. The number of amides is 1. The van der Waals surface area contributed by atoms with Crippen molar-refractivity contribution in [3.05, 3.63) is 62.5 Å². The van der Waals surface area contributed by atoms with Gasteiger partial charge in [-0.3, -0.25) is 14.4 Å². The van der Waals surface area contributed by atoms with Gasteiger partial charge in [0.15, 0.2) is 5.78 Å². The number of methoxy groups -OCH3 is 3. The number of ketones is 1. The highest BCUT2D eigenvalue weighted by atomic mass is 79.9. The van der Waals surface area contributed by atoms with E-state index in [4.69, 9.17) is 9.47 Å². The van der Waals surface area contributed by atoms with E-state index < -0.39 is 5.97 Å². The van der Waals surface area contributed by atoms with Gasteiger partial charge in [-0.2, -0.15) is 0 Å². The van der Waals surface area contributed by atoms with Crippen molar-refractivity contribution in [2.45, 2.75) is 6.42 Å². The summed E-state index contributed by atoms with van der Waals surface area (Å²) in [5.74, 6) is 0.275. The number of hydrogen-bond acceptors (Lipinski definition) is 6. The summed E-state index contributed by atoms with van der Waals surface area (Å²) in [6.45, 7) is 0.566. The summed E-state index contributed by atoms with van der Waals surface area (Å²) in [4.78, 5) is 33.7. The van der Waals surface area contributed by atoms with Gasteiger partial charge < -0.3 is 19.5 Å². The van der Waals surface area contributed by atoms with Crippen LogP contribution in [0.3, 0.4) is 0 Å². The molecular formula is C22H21Br2NO6. The maximum absolute atomic E-state index is 11.7. The number of halogens is 2. The van der Waals surface area contributed by atoms with Gasteiger partial charge in [0, 0.05) is 27.1 Å². The van der Waals surface area contributed by atoms with E-state index in [1.54, 1.807) is 31.4 Å². The second-order valence-corrected chi connectivity index (χ2v) is 8.08. The molecule has 0 bridgehead atoms. The molecule has 0 atom stereocenters. The van der Waals surface area contributed by atoms with Crippen LogP contribution in [0, 0.1) is 0 Å². The lowest BCUT2D eigenvalue weighted by Crippen LogP contribution is -2.14. The third-order valence-corrected chi connectivity index (χ3v) is 5.25. The second-order valence-electron chi connectivity index (χ2n) is 6.25. The number of carbonyl (C=O) groups is 3. The van der Waals surface area contributed by atoms with Crippen LogP contribution < -0.4 is 14.8 Å². The molecule has 0 saturated carbocycles. The van der Waals surface area contributed by atoms with E-state index in [1.807, 2.05) is 18.2 Å². The predicted molar refractivity (Wildman–Crippen MR) is 123 cm³/mol. The molecule has 0 fully saturated rings. The molecule has 1 heterocycles.